The molecule has 1 aliphatic heterocycles. The number of hydrogen-bond acceptors (Lipinski definition) is 4. The number of cyclic esters (lactones) is 1. The van der Waals surface area contributed by atoms with E-state index >= 15 is 0 Å². The number of carbonyl (C=O) groups is 2. The number of nitrogens with zero attached hydrogens (tertiary/aromatic N) is 1. The SMILES string of the molecule is CCCCCC[C@@H](C)[C@@H](O)[C@H](C)C(=O)N1C(=O)OC(C)(C)[C@@H]1Cc1ccccc1. The van der Waals surface area contributed by atoms with Gasteiger partial charge in [0.15, 0.2) is 0 Å². The van der Waals surface area contributed by atoms with Crippen molar-refractivity contribution in [1.29, 1.82) is 0 Å². The second-order valence-corrected chi connectivity index (χ2v) is 8.99. The Labute approximate surface area is 175 Å². The average molecular weight is 404 g/mol. The van der Waals surface area contributed by atoms with Gasteiger partial charge in [0.25, 0.3) is 0 Å². The van der Waals surface area contributed by atoms with E-state index in [9.17, 15) is 14.7 Å². The lowest BCUT2D eigenvalue weighted by Crippen LogP contribution is -2.50. The minimum absolute atomic E-state index is 0.00464. The van der Waals surface area contributed by atoms with Crippen LogP contribution in [0.1, 0.15) is 72.3 Å². The monoisotopic (exact) mass is 403 g/mol. The minimum Gasteiger partial charge on any atom is -0.441 e. The number of rotatable bonds is 10. The molecule has 0 saturated carbocycles. The first-order valence-corrected chi connectivity index (χ1v) is 11.0. The van der Waals surface area contributed by atoms with Gasteiger partial charge in [-0.3, -0.25) is 4.79 Å². The Morgan fingerprint density at radius 2 is 1.83 bits per heavy atom. The normalized spacial score (nSPS) is 21.5. The molecule has 0 spiro atoms. The second-order valence-electron chi connectivity index (χ2n) is 8.99. The summed E-state index contributed by atoms with van der Waals surface area (Å²) in [5.74, 6) is -1.00. The van der Waals surface area contributed by atoms with Crippen molar-refractivity contribution >= 4 is 12.0 Å². The third-order valence-electron chi connectivity index (χ3n) is 6.17. The summed E-state index contributed by atoms with van der Waals surface area (Å²) in [5.41, 5.74) is 0.262. The highest BCUT2D eigenvalue weighted by Gasteiger charge is 2.51. The molecule has 29 heavy (non-hydrogen) atoms. The number of carbonyl (C=O) groups excluding carboxylic acids is 2. The van der Waals surface area contributed by atoms with Crippen LogP contribution in [0.5, 0.6) is 0 Å². The number of aliphatic hydroxyl groups excluding tert-OH is 1. The molecule has 1 N–H and O–H groups in total. The van der Waals surface area contributed by atoms with Gasteiger partial charge in [-0.1, -0.05) is 76.8 Å². The number of ether oxygens (including phenoxy) is 1. The Balaban J connectivity index is 2.10. The summed E-state index contributed by atoms with van der Waals surface area (Å²) in [6.45, 7) is 9.54. The highest BCUT2D eigenvalue weighted by Crippen LogP contribution is 2.34. The van der Waals surface area contributed by atoms with Crippen LogP contribution in [0.3, 0.4) is 0 Å². The smallest absolute Gasteiger partial charge is 0.417 e. The molecule has 1 aromatic carbocycles. The van der Waals surface area contributed by atoms with Gasteiger partial charge in [0.2, 0.25) is 5.91 Å². The zero-order valence-corrected chi connectivity index (χ0v) is 18.6. The van der Waals surface area contributed by atoms with Crippen LogP contribution in [0, 0.1) is 11.8 Å². The molecular formula is C24H37NO4. The summed E-state index contributed by atoms with van der Waals surface area (Å²) in [6, 6.07) is 9.39. The predicted octanol–water partition coefficient (Wildman–Crippen LogP) is 4.96. The first-order chi connectivity index (χ1) is 13.7. The van der Waals surface area contributed by atoms with Crippen molar-refractivity contribution < 1.29 is 19.4 Å². The van der Waals surface area contributed by atoms with E-state index in [0.29, 0.717) is 6.42 Å². The van der Waals surface area contributed by atoms with Crippen molar-refractivity contribution in [3.63, 3.8) is 0 Å². The topological polar surface area (TPSA) is 66.8 Å². The van der Waals surface area contributed by atoms with Gasteiger partial charge in [-0.15, -0.1) is 0 Å². The number of amides is 2. The van der Waals surface area contributed by atoms with Gasteiger partial charge in [-0.25, -0.2) is 9.69 Å². The van der Waals surface area contributed by atoms with Crippen LogP contribution in [0.15, 0.2) is 30.3 Å². The highest BCUT2D eigenvalue weighted by atomic mass is 16.6. The Morgan fingerprint density at radius 3 is 2.45 bits per heavy atom. The average Bonchev–Trinajstić information content (AvgIpc) is 2.92. The summed E-state index contributed by atoms with van der Waals surface area (Å²) in [5, 5.41) is 10.8. The molecule has 0 bridgehead atoms. The summed E-state index contributed by atoms with van der Waals surface area (Å²) in [6.07, 6.45) is 4.55. The van der Waals surface area contributed by atoms with Crippen LogP contribution in [0.4, 0.5) is 4.79 Å². The maximum atomic E-state index is 13.2. The summed E-state index contributed by atoms with van der Waals surface area (Å²) in [4.78, 5) is 27.0. The molecule has 1 fully saturated rings. The van der Waals surface area contributed by atoms with Gasteiger partial charge in [0.1, 0.15) is 5.60 Å². The van der Waals surface area contributed by atoms with Crippen molar-refractivity contribution in [3.05, 3.63) is 35.9 Å². The van der Waals surface area contributed by atoms with Crippen LogP contribution < -0.4 is 0 Å². The number of benzene rings is 1. The molecule has 5 heteroatoms. The zero-order valence-electron chi connectivity index (χ0n) is 18.6. The van der Waals surface area contributed by atoms with Crippen molar-refractivity contribution in [2.24, 2.45) is 11.8 Å². The van der Waals surface area contributed by atoms with E-state index < -0.39 is 29.8 Å². The number of imide groups is 1. The Kier molecular flexibility index (Phi) is 8.26. The molecule has 0 aromatic heterocycles. The van der Waals surface area contributed by atoms with Crippen LogP contribution in [0.2, 0.25) is 0 Å². The third kappa shape index (κ3) is 5.81. The second kappa shape index (κ2) is 10.2. The molecule has 2 rings (SSSR count). The van der Waals surface area contributed by atoms with Gasteiger partial charge in [-0.05, 0) is 38.2 Å². The first kappa shape index (κ1) is 23.4. The lowest BCUT2D eigenvalue weighted by molar-refractivity contribution is -0.138. The van der Waals surface area contributed by atoms with E-state index in [0.717, 1.165) is 24.8 Å². The van der Waals surface area contributed by atoms with Crippen LogP contribution in [-0.2, 0) is 16.0 Å². The molecular weight excluding hydrogens is 366 g/mol. The molecule has 1 saturated heterocycles. The van der Waals surface area contributed by atoms with E-state index in [1.54, 1.807) is 6.92 Å². The molecule has 5 nitrogen and oxygen atoms in total. The first-order valence-electron chi connectivity index (χ1n) is 11.0. The lowest BCUT2D eigenvalue weighted by Gasteiger charge is -2.31. The van der Waals surface area contributed by atoms with Crippen molar-refractivity contribution in [2.75, 3.05) is 0 Å². The maximum Gasteiger partial charge on any atom is 0.417 e. The fourth-order valence-corrected chi connectivity index (χ4v) is 4.12. The van der Waals surface area contributed by atoms with Gasteiger partial charge in [-0.2, -0.15) is 0 Å². The summed E-state index contributed by atoms with van der Waals surface area (Å²) in [7, 11) is 0. The minimum atomic E-state index is -0.780. The highest BCUT2D eigenvalue weighted by molar-refractivity contribution is 5.95. The molecule has 4 atom stereocenters. The van der Waals surface area contributed by atoms with E-state index in [1.807, 2.05) is 51.1 Å². The van der Waals surface area contributed by atoms with Crippen molar-refractivity contribution in [2.45, 2.75) is 90.9 Å². The molecule has 1 heterocycles. The van der Waals surface area contributed by atoms with E-state index in [4.69, 9.17) is 4.74 Å². The fraction of sp³-hybridized carbons (Fsp3) is 0.667. The van der Waals surface area contributed by atoms with Gasteiger partial charge < -0.3 is 9.84 Å². The number of unbranched alkanes of at least 4 members (excludes halogenated alkanes) is 3. The fourth-order valence-electron chi connectivity index (χ4n) is 4.12. The molecule has 1 aromatic rings. The van der Waals surface area contributed by atoms with Gasteiger partial charge in [0, 0.05) is 0 Å². The van der Waals surface area contributed by atoms with Crippen molar-refractivity contribution in [1.82, 2.24) is 4.90 Å². The van der Waals surface area contributed by atoms with Gasteiger partial charge in [0.05, 0.1) is 18.1 Å². The molecule has 162 valence electrons. The molecule has 0 radical (unpaired) electrons. The van der Waals surface area contributed by atoms with E-state index in [-0.39, 0.29) is 11.8 Å². The summed E-state index contributed by atoms with van der Waals surface area (Å²) >= 11 is 0. The predicted molar refractivity (Wildman–Crippen MR) is 114 cm³/mol. The van der Waals surface area contributed by atoms with E-state index in [1.165, 1.54) is 17.7 Å². The maximum absolute atomic E-state index is 13.2. The summed E-state index contributed by atoms with van der Waals surface area (Å²) < 4.78 is 5.53. The molecule has 1 aliphatic rings. The number of aliphatic hydroxyl groups is 1. The zero-order chi connectivity index (χ0) is 21.6. The number of hydrogen-bond donors (Lipinski definition) is 1. The lowest BCUT2D eigenvalue weighted by atomic mass is 9.87. The van der Waals surface area contributed by atoms with E-state index in [2.05, 4.69) is 6.92 Å². The quantitative estimate of drug-likeness (QED) is 0.561. The molecule has 2 amide bonds. The molecule has 0 aliphatic carbocycles. The third-order valence-corrected chi connectivity index (χ3v) is 6.17. The van der Waals surface area contributed by atoms with Gasteiger partial charge >= 0.3 is 6.09 Å². The Morgan fingerprint density at radius 1 is 1.17 bits per heavy atom. The van der Waals surface area contributed by atoms with Crippen LogP contribution in [0.25, 0.3) is 0 Å². The Bertz CT molecular complexity index is 673. The van der Waals surface area contributed by atoms with Crippen LogP contribution in [-0.4, -0.2) is 39.8 Å². The largest absolute Gasteiger partial charge is 0.441 e. The van der Waals surface area contributed by atoms with Crippen molar-refractivity contribution in [3.8, 4) is 0 Å². The Hall–Kier alpha value is -1.88. The molecule has 0 unspecified atom stereocenters. The standard InChI is InChI=1S/C24H37NO4/c1-6-7-8-10-13-17(2)21(26)18(3)22(27)25-20(24(4,5)29-23(25)28)16-19-14-11-9-12-15-19/h9,11-12,14-15,17-18,20-21,26H,6-8,10,13,16H2,1-5H3/t17-,18+,20+,21-/m1/s1. The van der Waals surface area contributed by atoms with Crippen LogP contribution >= 0.6 is 0 Å².